The molecule has 1 fully saturated rings. The number of hydrogen-bond donors (Lipinski definition) is 1. The monoisotopic (exact) mass is 298 g/mol. The molecule has 1 aromatic carbocycles. The van der Waals surface area contributed by atoms with Gasteiger partial charge in [0, 0.05) is 30.7 Å². The maximum Gasteiger partial charge on any atom is 0.260 e. The Hall–Kier alpha value is -1.07. The minimum absolute atomic E-state index is 0.0504. The fourth-order valence-corrected chi connectivity index (χ4v) is 1.95. The number of piperazine rings is 1. The minimum atomic E-state index is 0.0504. The summed E-state index contributed by atoms with van der Waals surface area (Å²) in [5.41, 5.74) is 0. The van der Waals surface area contributed by atoms with E-state index in [0.29, 0.717) is 0 Å². The van der Waals surface area contributed by atoms with Crippen molar-refractivity contribution < 1.29 is 9.53 Å². The van der Waals surface area contributed by atoms with Gasteiger partial charge in [-0.1, -0.05) is 15.9 Å². The number of carbonyl (C=O) groups is 1. The molecule has 1 amide bonds. The average Bonchev–Trinajstić information content (AvgIpc) is 2.39. The van der Waals surface area contributed by atoms with Crippen molar-refractivity contribution in [2.75, 3.05) is 32.8 Å². The number of ether oxygens (including phenoxy) is 1. The van der Waals surface area contributed by atoms with Crippen molar-refractivity contribution in [3.05, 3.63) is 28.7 Å². The smallest absolute Gasteiger partial charge is 0.260 e. The molecule has 1 saturated heterocycles. The number of amides is 1. The van der Waals surface area contributed by atoms with Gasteiger partial charge in [0.05, 0.1) is 0 Å². The first kappa shape index (κ1) is 12.4. The third-order valence-electron chi connectivity index (χ3n) is 2.65. The van der Waals surface area contributed by atoms with Gasteiger partial charge < -0.3 is 15.0 Å². The number of halogens is 1. The van der Waals surface area contributed by atoms with Gasteiger partial charge in [0.25, 0.3) is 5.91 Å². The van der Waals surface area contributed by atoms with Crippen LogP contribution < -0.4 is 10.1 Å². The molecule has 0 aromatic heterocycles. The van der Waals surface area contributed by atoms with Crippen molar-refractivity contribution in [1.82, 2.24) is 10.2 Å². The summed E-state index contributed by atoms with van der Waals surface area (Å²) in [4.78, 5) is 13.6. The summed E-state index contributed by atoms with van der Waals surface area (Å²) in [6, 6.07) is 7.47. The second-order valence-corrected chi connectivity index (χ2v) is 4.79. The first-order valence-corrected chi connectivity index (χ1v) is 6.42. The lowest BCUT2D eigenvalue weighted by Crippen LogP contribution is -2.47. The predicted octanol–water partition coefficient (Wildman–Crippen LogP) is 1.26. The zero-order chi connectivity index (χ0) is 12.1. The van der Waals surface area contributed by atoms with E-state index in [1.54, 1.807) is 0 Å². The van der Waals surface area contributed by atoms with Crippen LogP contribution in [0.25, 0.3) is 0 Å². The van der Waals surface area contributed by atoms with Crippen LogP contribution in [0.15, 0.2) is 28.7 Å². The van der Waals surface area contributed by atoms with Crippen LogP contribution in [0.4, 0.5) is 0 Å². The topological polar surface area (TPSA) is 41.6 Å². The van der Waals surface area contributed by atoms with E-state index in [1.165, 1.54) is 0 Å². The number of rotatable bonds is 3. The summed E-state index contributed by atoms with van der Waals surface area (Å²) in [5, 5.41) is 3.21. The highest BCUT2D eigenvalue weighted by atomic mass is 79.9. The molecule has 0 spiro atoms. The molecule has 0 bridgehead atoms. The van der Waals surface area contributed by atoms with Gasteiger partial charge in [-0.2, -0.15) is 0 Å². The van der Waals surface area contributed by atoms with E-state index in [9.17, 15) is 4.79 Å². The average molecular weight is 299 g/mol. The van der Waals surface area contributed by atoms with Crippen LogP contribution in [0.3, 0.4) is 0 Å². The SMILES string of the molecule is O=C(COc1ccc(Br)cc1)N1CCNCC1. The van der Waals surface area contributed by atoms with Gasteiger partial charge in [-0.25, -0.2) is 0 Å². The molecule has 1 aromatic rings. The summed E-state index contributed by atoms with van der Waals surface area (Å²) in [7, 11) is 0. The fourth-order valence-electron chi connectivity index (χ4n) is 1.68. The van der Waals surface area contributed by atoms with Crippen LogP contribution >= 0.6 is 15.9 Å². The lowest BCUT2D eigenvalue weighted by Gasteiger charge is -2.27. The van der Waals surface area contributed by atoms with Gasteiger partial charge in [0.1, 0.15) is 5.75 Å². The Morgan fingerprint density at radius 3 is 2.59 bits per heavy atom. The lowest BCUT2D eigenvalue weighted by atomic mass is 10.3. The van der Waals surface area contributed by atoms with E-state index in [-0.39, 0.29) is 12.5 Å². The van der Waals surface area contributed by atoms with Gasteiger partial charge in [0.15, 0.2) is 6.61 Å². The molecule has 0 atom stereocenters. The molecular formula is C12H15BrN2O2. The minimum Gasteiger partial charge on any atom is -0.484 e. The summed E-state index contributed by atoms with van der Waals surface area (Å²) in [5.74, 6) is 0.770. The van der Waals surface area contributed by atoms with Gasteiger partial charge in [-0.15, -0.1) is 0 Å². The highest BCUT2D eigenvalue weighted by Crippen LogP contribution is 2.16. The zero-order valence-corrected chi connectivity index (χ0v) is 11.1. The summed E-state index contributed by atoms with van der Waals surface area (Å²) in [6.45, 7) is 3.38. The first-order chi connectivity index (χ1) is 8.25. The largest absolute Gasteiger partial charge is 0.484 e. The fraction of sp³-hybridized carbons (Fsp3) is 0.417. The second-order valence-electron chi connectivity index (χ2n) is 3.87. The van der Waals surface area contributed by atoms with Gasteiger partial charge in [0.2, 0.25) is 0 Å². The molecule has 1 aliphatic rings. The molecular weight excluding hydrogens is 284 g/mol. The lowest BCUT2D eigenvalue weighted by molar-refractivity contribution is -0.133. The maximum absolute atomic E-state index is 11.8. The van der Waals surface area contributed by atoms with Gasteiger partial charge >= 0.3 is 0 Å². The molecule has 0 aliphatic carbocycles. The van der Waals surface area contributed by atoms with Crippen LogP contribution in [0.1, 0.15) is 0 Å². The Bertz CT molecular complexity index is 375. The van der Waals surface area contributed by atoms with Crippen molar-refractivity contribution in [1.29, 1.82) is 0 Å². The first-order valence-electron chi connectivity index (χ1n) is 5.62. The Kier molecular flexibility index (Phi) is 4.39. The Balaban J connectivity index is 1.81. The normalized spacial score (nSPS) is 15.7. The van der Waals surface area contributed by atoms with Crippen LogP contribution in [-0.2, 0) is 4.79 Å². The molecule has 1 heterocycles. The molecule has 0 saturated carbocycles. The third kappa shape index (κ3) is 3.71. The van der Waals surface area contributed by atoms with E-state index in [0.717, 1.165) is 36.4 Å². The van der Waals surface area contributed by atoms with Crippen LogP contribution in [0, 0.1) is 0 Å². The van der Waals surface area contributed by atoms with Crippen LogP contribution in [-0.4, -0.2) is 43.6 Å². The van der Waals surface area contributed by atoms with Crippen molar-refractivity contribution in [3.8, 4) is 5.75 Å². The number of carbonyl (C=O) groups excluding carboxylic acids is 1. The number of benzene rings is 1. The van der Waals surface area contributed by atoms with E-state index in [1.807, 2.05) is 29.2 Å². The van der Waals surface area contributed by atoms with Crippen molar-refractivity contribution in [2.24, 2.45) is 0 Å². The molecule has 92 valence electrons. The number of nitrogens with one attached hydrogen (secondary N) is 1. The predicted molar refractivity (Wildman–Crippen MR) is 69.1 cm³/mol. The quantitative estimate of drug-likeness (QED) is 0.913. The number of hydrogen-bond acceptors (Lipinski definition) is 3. The standard InChI is InChI=1S/C12H15BrN2O2/c13-10-1-3-11(4-2-10)17-9-12(16)15-7-5-14-6-8-15/h1-4,14H,5-9H2. The summed E-state index contributed by atoms with van der Waals surface area (Å²) >= 11 is 3.35. The van der Waals surface area contributed by atoms with E-state index in [2.05, 4.69) is 21.2 Å². The molecule has 1 aliphatic heterocycles. The molecule has 17 heavy (non-hydrogen) atoms. The molecule has 1 N–H and O–H groups in total. The van der Waals surface area contributed by atoms with Crippen molar-refractivity contribution >= 4 is 21.8 Å². The highest BCUT2D eigenvalue weighted by molar-refractivity contribution is 9.10. The maximum atomic E-state index is 11.8. The molecule has 4 nitrogen and oxygen atoms in total. The molecule has 5 heteroatoms. The summed E-state index contributed by atoms with van der Waals surface area (Å²) in [6.07, 6.45) is 0. The number of nitrogens with zero attached hydrogens (tertiary/aromatic N) is 1. The van der Waals surface area contributed by atoms with Crippen LogP contribution in [0.2, 0.25) is 0 Å². The van der Waals surface area contributed by atoms with Crippen molar-refractivity contribution in [3.63, 3.8) is 0 Å². The molecule has 2 rings (SSSR count). The highest BCUT2D eigenvalue weighted by Gasteiger charge is 2.16. The Morgan fingerprint density at radius 2 is 1.94 bits per heavy atom. The zero-order valence-electron chi connectivity index (χ0n) is 9.49. The summed E-state index contributed by atoms with van der Waals surface area (Å²) < 4.78 is 6.44. The van der Waals surface area contributed by atoms with Gasteiger partial charge in [-0.05, 0) is 24.3 Å². The molecule has 0 unspecified atom stereocenters. The third-order valence-corrected chi connectivity index (χ3v) is 3.17. The van der Waals surface area contributed by atoms with E-state index in [4.69, 9.17) is 4.74 Å². The van der Waals surface area contributed by atoms with E-state index >= 15 is 0 Å². The van der Waals surface area contributed by atoms with E-state index < -0.39 is 0 Å². The second kappa shape index (κ2) is 6.02. The Morgan fingerprint density at radius 1 is 1.29 bits per heavy atom. The van der Waals surface area contributed by atoms with Gasteiger partial charge in [-0.3, -0.25) is 4.79 Å². The molecule has 0 radical (unpaired) electrons. The Labute approximate surface area is 109 Å². The van der Waals surface area contributed by atoms with Crippen LogP contribution in [0.5, 0.6) is 5.75 Å². The van der Waals surface area contributed by atoms with Crippen molar-refractivity contribution in [2.45, 2.75) is 0 Å².